The maximum atomic E-state index is 12.6. The molecule has 0 aliphatic carbocycles. The van der Waals surface area contributed by atoms with Crippen molar-refractivity contribution in [2.45, 2.75) is 18.8 Å². The smallest absolute Gasteiger partial charge is 0.246 e. The molecule has 0 spiro atoms. The number of ether oxygens (including phenoxy) is 2. The van der Waals surface area contributed by atoms with E-state index in [-0.39, 0.29) is 11.8 Å². The summed E-state index contributed by atoms with van der Waals surface area (Å²) in [6.45, 7) is 2.52. The number of hydrogen-bond donors (Lipinski definition) is 0. The molecule has 1 aromatic heterocycles. The van der Waals surface area contributed by atoms with Crippen molar-refractivity contribution in [1.29, 1.82) is 0 Å². The van der Waals surface area contributed by atoms with Gasteiger partial charge in [0.25, 0.3) is 0 Å². The van der Waals surface area contributed by atoms with Crippen molar-refractivity contribution in [1.82, 2.24) is 9.88 Å². The molecule has 2 aromatic carbocycles. The first-order valence-corrected chi connectivity index (χ1v) is 9.98. The highest BCUT2D eigenvalue weighted by Gasteiger charge is 2.26. The van der Waals surface area contributed by atoms with Crippen LogP contribution in [0, 0.1) is 0 Å². The summed E-state index contributed by atoms with van der Waals surface area (Å²) < 4.78 is 17.0. The van der Waals surface area contributed by atoms with Gasteiger partial charge in [0, 0.05) is 25.1 Å². The Hall–Kier alpha value is -3.28. The number of carbonyl (C=O) groups is 1. The second kappa shape index (κ2) is 7.62. The Labute approximate surface area is 168 Å². The first-order chi connectivity index (χ1) is 14.3. The molecular weight excluding hydrogens is 368 g/mol. The molecule has 148 valence electrons. The minimum atomic E-state index is 0.0240. The van der Waals surface area contributed by atoms with Crippen LogP contribution in [0.5, 0.6) is 11.5 Å². The Morgan fingerprint density at radius 3 is 2.66 bits per heavy atom. The van der Waals surface area contributed by atoms with Gasteiger partial charge in [-0.15, -0.1) is 0 Å². The summed E-state index contributed by atoms with van der Waals surface area (Å²) in [6.07, 6.45) is 5.17. The standard InChI is InChI=1S/C23H22N2O4/c26-22(8-6-16-5-7-20-21(15-16)28-14-13-27-20)25-11-9-17(10-12-25)23-24-18-3-1-2-4-19(18)29-23/h1-8,15,17H,9-14H2/b8-6+. The van der Waals surface area contributed by atoms with E-state index in [0.29, 0.717) is 26.3 Å². The lowest BCUT2D eigenvalue weighted by molar-refractivity contribution is -0.127. The minimum Gasteiger partial charge on any atom is -0.486 e. The SMILES string of the molecule is O=C(/C=C/c1ccc2c(c1)OCCO2)N1CCC(c2nc3ccccc3o2)CC1. The number of carbonyl (C=O) groups excluding carboxylic acids is 1. The summed E-state index contributed by atoms with van der Waals surface area (Å²) in [5.74, 6) is 2.54. The third-order valence-corrected chi connectivity index (χ3v) is 5.45. The molecule has 3 heterocycles. The van der Waals surface area contributed by atoms with Gasteiger partial charge in [-0.05, 0) is 48.7 Å². The van der Waals surface area contributed by atoms with Crippen molar-refractivity contribution in [3.63, 3.8) is 0 Å². The van der Waals surface area contributed by atoms with Gasteiger partial charge in [0.1, 0.15) is 18.7 Å². The van der Waals surface area contributed by atoms with Gasteiger partial charge in [-0.25, -0.2) is 4.98 Å². The van der Waals surface area contributed by atoms with Crippen LogP contribution in [0.1, 0.15) is 30.2 Å². The van der Waals surface area contributed by atoms with Crippen LogP contribution in [0.4, 0.5) is 0 Å². The lowest BCUT2D eigenvalue weighted by atomic mass is 9.96. The van der Waals surface area contributed by atoms with Gasteiger partial charge in [0.05, 0.1) is 0 Å². The fourth-order valence-electron chi connectivity index (χ4n) is 3.85. The Kier molecular flexibility index (Phi) is 4.68. The first kappa shape index (κ1) is 17.8. The number of benzene rings is 2. The third-order valence-electron chi connectivity index (χ3n) is 5.45. The number of para-hydroxylation sites is 2. The largest absolute Gasteiger partial charge is 0.486 e. The van der Waals surface area contributed by atoms with Crippen LogP contribution in [0.3, 0.4) is 0 Å². The fraction of sp³-hybridized carbons (Fsp3) is 0.304. The second-order valence-electron chi connectivity index (χ2n) is 7.36. The van der Waals surface area contributed by atoms with Crippen molar-refractivity contribution < 1.29 is 18.7 Å². The van der Waals surface area contributed by atoms with E-state index in [0.717, 1.165) is 46.9 Å². The number of oxazole rings is 1. The molecule has 5 rings (SSSR count). The molecule has 1 amide bonds. The third kappa shape index (κ3) is 3.70. The van der Waals surface area contributed by atoms with Crippen LogP contribution in [-0.2, 0) is 4.79 Å². The Morgan fingerprint density at radius 2 is 1.83 bits per heavy atom. The van der Waals surface area contributed by atoms with Crippen molar-refractivity contribution in [2.75, 3.05) is 26.3 Å². The van der Waals surface area contributed by atoms with E-state index in [4.69, 9.17) is 13.9 Å². The van der Waals surface area contributed by atoms with Crippen LogP contribution in [-0.4, -0.2) is 42.1 Å². The molecule has 0 saturated carbocycles. The lowest BCUT2D eigenvalue weighted by Gasteiger charge is -2.29. The van der Waals surface area contributed by atoms with Crippen molar-refractivity contribution in [3.05, 3.63) is 60.0 Å². The van der Waals surface area contributed by atoms with Gasteiger partial charge in [-0.3, -0.25) is 4.79 Å². The summed E-state index contributed by atoms with van der Waals surface area (Å²) in [5.41, 5.74) is 2.63. The van der Waals surface area contributed by atoms with Gasteiger partial charge >= 0.3 is 0 Å². The molecule has 3 aromatic rings. The quantitative estimate of drug-likeness (QED) is 0.632. The number of aromatic nitrogens is 1. The van der Waals surface area contributed by atoms with Crippen LogP contribution in [0.25, 0.3) is 17.2 Å². The van der Waals surface area contributed by atoms with Gasteiger partial charge in [-0.2, -0.15) is 0 Å². The summed E-state index contributed by atoms with van der Waals surface area (Å²) in [7, 11) is 0. The topological polar surface area (TPSA) is 64.8 Å². The van der Waals surface area contributed by atoms with Gasteiger partial charge in [-0.1, -0.05) is 18.2 Å². The molecule has 1 saturated heterocycles. The van der Waals surface area contributed by atoms with Gasteiger partial charge < -0.3 is 18.8 Å². The van der Waals surface area contributed by atoms with Gasteiger partial charge in [0.15, 0.2) is 23.0 Å². The summed E-state index contributed by atoms with van der Waals surface area (Å²) in [6, 6.07) is 13.5. The number of nitrogens with zero attached hydrogens (tertiary/aromatic N) is 2. The number of fused-ring (bicyclic) bond motifs is 2. The zero-order valence-electron chi connectivity index (χ0n) is 16.0. The van der Waals surface area contributed by atoms with Crippen molar-refractivity contribution in [2.24, 2.45) is 0 Å². The van der Waals surface area contributed by atoms with Crippen LogP contribution < -0.4 is 9.47 Å². The van der Waals surface area contributed by atoms with Crippen LogP contribution >= 0.6 is 0 Å². The molecule has 2 aliphatic heterocycles. The zero-order valence-corrected chi connectivity index (χ0v) is 16.0. The maximum absolute atomic E-state index is 12.6. The molecule has 0 bridgehead atoms. The monoisotopic (exact) mass is 390 g/mol. The Bertz CT molecular complexity index is 1030. The van der Waals surface area contributed by atoms with Crippen molar-refractivity contribution in [3.8, 4) is 11.5 Å². The number of likely N-dealkylation sites (tertiary alicyclic amines) is 1. The molecule has 2 aliphatic rings. The van der Waals surface area contributed by atoms with Crippen LogP contribution in [0.2, 0.25) is 0 Å². The number of piperidine rings is 1. The van der Waals surface area contributed by atoms with E-state index in [1.54, 1.807) is 6.08 Å². The summed E-state index contributed by atoms with van der Waals surface area (Å²) >= 11 is 0. The fourth-order valence-corrected chi connectivity index (χ4v) is 3.85. The number of hydrogen-bond acceptors (Lipinski definition) is 5. The highest BCUT2D eigenvalue weighted by molar-refractivity contribution is 5.92. The molecule has 6 nitrogen and oxygen atoms in total. The Balaban J connectivity index is 1.20. The predicted molar refractivity (Wildman–Crippen MR) is 109 cm³/mol. The molecule has 0 atom stereocenters. The van der Waals surface area contributed by atoms with E-state index in [1.165, 1.54) is 0 Å². The molecule has 0 unspecified atom stereocenters. The van der Waals surface area contributed by atoms with Gasteiger partial charge in [0.2, 0.25) is 5.91 Å². The van der Waals surface area contributed by atoms with E-state index in [2.05, 4.69) is 4.98 Å². The molecule has 0 N–H and O–H groups in total. The second-order valence-corrected chi connectivity index (χ2v) is 7.36. The summed E-state index contributed by atoms with van der Waals surface area (Å²) in [4.78, 5) is 19.1. The molecule has 1 fully saturated rings. The van der Waals surface area contributed by atoms with E-state index >= 15 is 0 Å². The predicted octanol–water partition coefficient (Wildman–Crippen LogP) is 4.02. The first-order valence-electron chi connectivity index (χ1n) is 9.98. The highest BCUT2D eigenvalue weighted by Crippen LogP contribution is 2.32. The average molecular weight is 390 g/mol. The normalized spacial score (nSPS) is 17.2. The highest BCUT2D eigenvalue weighted by atomic mass is 16.6. The molecular formula is C23H22N2O4. The maximum Gasteiger partial charge on any atom is 0.246 e. The van der Waals surface area contributed by atoms with Crippen molar-refractivity contribution >= 4 is 23.1 Å². The van der Waals surface area contributed by atoms with E-state index in [9.17, 15) is 4.79 Å². The molecule has 0 radical (unpaired) electrons. The minimum absolute atomic E-state index is 0.0240. The molecule has 6 heteroatoms. The van der Waals surface area contributed by atoms with E-state index < -0.39 is 0 Å². The van der Waals surface area contributed by atoms with Crippen LogP contribution in [0.15, 0.2) is 53.0 Å². The average Bonchev–Trinajstić information content (AvgIpc) is 3.22. The summed E-state index contributed by atoms with van der Waals surface area (Å²) in [5, 5.41) is 0. The molecule has 29 heavy (non-hydrogen) atoms. The number of rotatable bonds is 3. The lowest BCUT2D eigenvalue weighted by Crippen LogP contribution is -2.36. The van der Waals surface area contributed by atoms with E-state index in [1.807, 2.05) is 53.4 Å². The zero-order chi connectivity index (χ0) is 19.6. The number of amides is 1. The Morgan fingerprint density at radius 1 is 1.03 bits per heavy atom.